The molecule has 1 saturated heterocycles. The fourth-order valence-electron chi connectivity index (χ4n) is 3.07. The number of piperidine rings is 1. The van der Waals surface area contributed by atoms with Crippen molar-refractivity contribution in [2.75, 3.05) is 19.6 Å². The fourth-order valence-corrected chi connectivity index (χ4v) is 3.07. The third kappa shape index (κ3) is 2.65. The van der Waals surface area contributed by atoms with Crippen molar-refractivity contribution in [3.8, 4) is 0 Å². The lowest BCUT2D eigenvalue weighted by molar-refractivity contribution is 0.126. The summed E-state index contributed by atoms with van der Waals surface area (Å²) in [4.78, 5) is 2.56. The molecule has 95 valence electrons. The van der Waals surface area contributed by atoms with Crippen molar-refractivity contribution >= 4 is 0 Å². The normalized spacial score (nSPS) is 26.3. The molecule has 3 rings (SSSR count). The van der Waals surface area contributed by atoms with Crippen molar-refractivity contribution < 1.29 is 0 Å². The van der Waals surface area contributed by atoms with Gasteiger partial charge >= 0.3 is 0 Å². The number of nitrogens with zero attached hydrogens (tertiary/aromatic N) is 2. The summed E-state index contributed by atoms with van der Waals surface area (Å²) in [5.41, 5.74) is 1.51. The van der Waals surface area contributed by atoms with Gasteiger partial charge in [-0.1, -0.05) is 42.5 Å². The Morgan fingerprint density at radius 2 is 1.78 bits per heavy atom. The second-order valence-corrected chi connectivity index (χ2v) is 5.27. The molecule has 2 aliphatic rings. The maximum Gasteiger partial charge on any atom is 0.0799 e. The summed E-state index contributed by atoms with van der Waals surface area (Å²) in [6, 6.07) is 11.0. The van der Waals surface area contributed by atoms with Crippen LogP contribution in [0.1, 0.15) is 30.7 Å². The van der Waals surface area contributed by atoms with E-state index >= 15 is 0 Å². The van der Waals surface area contributed by atoms with Crippen molar-refractivity contribution in [3.05, 3.63) is 48.0 Å². The topological polar surface area (TPSA) is 17.3 Å². The van der Waals surface area contributed by atoms with Crippen LogP contribution in [0, 0.1) is 0 Å². The molecule has 0 saturated carbocycles. The molecule has 1 unspecified atom stereocenters. The van der Waals surface area contributed by atoms with Gasteiger partial charge in [0.05, 0.1) is 6.17 Å². The van der Waals surface area contributed by atoms with Crippen molar-refractivity contribution in [1.82, 2.24) is 10.2 Å². The molecule has 0 amide bonds. The molecule has 1 aromatic carbocycles. The molecule has 0 aromatic heterocycles. The zero-order valence-corrected chi connectivity index (χ0v) is 10.8. The highest BCUT2D eigenvalue weighted by molar-refractivity contribution is 5.20. The third-order valence-electron chi connectivity index (χ3n) is 4.16. The van der Waals surface area contributed by atoms with Crippen molar-refractivity contribution in [3.63, 3.8) is 0 Å². The molecule has 2 heterocycles. The number of benzene rings is 1. The standard InChI is InChI=1S/C16H21N2/c1-2-6-14(7-3-1)15-9-12-18(13-10-15)16-8-4-5-11-17-16/h1-7,15-16H,8-13H2. The predicted octanol–water partition coefficient (Wildman–Crippen LogP) is 2.76. The SMILES string of the molecule is C1=CCC(N2CCC(c3ccccc3)CC2)[N]C1. The van der Waals surface area contributed by atoms with Gasteiger partial charge in [-0.2, -0.15) is 0 Å². The van der Waals surface area contributed by atoms with Crippen LogP contribution in [0.25, 0.3) is 0 Å². The van der Waals surface area contributed by atoms with Crippen molar-refractivity contribution in [2.45, 2.75) is 31.3 Å². The Morgan fingerprint density at radius 3 is 2.44 bits per heavy atom. The van der Waals surface area contributed by atoms with Gasteiger partial charge in [-0.05, 0) is 30.7 Å². The summed E-state index contributed by atoms with van der Waals surface area (Å²) in [6.07, 6.45) is 8.57. The monoisotopic (exact) mass is 241 g/mol. The molecule has 0 aliphatic carbocycles. The van der Waals surface area contributed by atoms with Gasteiger partial charge in [0.2, 0.25) is 0 Å². The minimum Gasteiger partial charge on any atom is -0.287 e. The average molecular weight is 241 g/mol. The second kappa shape index (κ2) is 5.68. The number of rotatable bonds is 2. The number of hydrogen-bond donors (Lipinski definition) is 0. The lowest BCUT2D eigenvalue weighted by atomic mass is 9.89. The fraction of sp³-hybridized carbons (Fsp3) is 0.500. The molecule has 1 radical (unpaired) electrons. The largest absolute Gasteiger partial charge is 0.287 e. The summed E-state index contributed by atoms with van der Waals surface area (Å²) in [7, 11) is 0. The Balaban J connectivity index is 1.56. The Bertz CT molecular complexity index is 391. The molecule has 1 aromatic rings. The van der Waals surface area contributed by atoms with E-state index in [2.05, 4.69) is 47.4 Å². The first-order valence-corrected chi connectivity index (χ1v) is 7.04. The van der Waals surface area contributed by atoms with Crippen LogP contribution in [0.15, 0.2) is 42.5 Å². The van der Waals surface area contributed by atoms with Gasteiger partial charge in [0.1, 0.15) is 0 Å². The van der Waals surface area contributed by atoms with Crippen LogP contribution >= 0.6 is 0 Å². The van der Waals surface area contributed by atoms with E-state index in [0.29, 0.717) is 6.17 Å². The van der Waals surface area contributed by atoms with Crippen LogP contribution in [0.3, 0.4) is 0 Å². The van der Waals surface area contributed by atoms with Crippen molar-refractivity contribution in [2.24, 2.45) is 0 Å². The molecular weight excluding hydrogens is 220 g/mol. The molecule has 0 N–H and O–H groups in total. The molecule has 0 bridgehead atoms. The molecule has 1 atom stereocenters. The lowest BCUT2D eigenvalue weighted by Crippen LogP contribution is -2.46. The molecule has 18 heavy (non-hydrogen) atoms. The van der Waals surface area contributed by atoms with Gasteiger partial charge in [-0.15, -0.1) is 0 Å². The Kier molecular flexibility index (Phi) is 3.77. The van der Waals surface area contributed by atoms with Gasteiger partial charge in [0, 0.05) is 19.6 Å². The first kappa shape index (κ1) is 11.9. The Hall–Kier alpha value is -1.12. The van der Waals surface area contributed by atoms with E-state index in [1.165, 1.54) is 31.5 Å². The highest BCUT2D eigenvalue weighted by atomic mass is 15.3. The molecule has 2 heteroatoms. The summed E-state index contributed by atoms with van der Waals surface area (Å²) in [5.74, 6) is 0.751. The minimum absolute atomic E-state index is 0.451. The van der Waals surface area contributed by atoms with E-state index in [-0.39, 0.29) is 0 Å². The third-order valence-corrected chi connectivity index (χ3v) is 4.16. The highest BCUT2D eigenvalue weighted by Gasteiger charge is 2.25. The van der Waals surface area contributed by atoms with E-state index < -0.39 is 0 Å². The summed E-state index contributed by atoms with van der Waals surface area (Å²) in [6.45, 7) is 3.30. The maximum absolute atomic E-state index is 4.69. The van der Waals surface area contributed by atoms with E-state index in [4.69, 9.17) is 5.32 Å². The van der Waals surface area contributed by atoms with Crippen LogP contribution in [0.5, 0.6) is 0 Å². The smallest absolute Gasteiger partial charge is 0.0799 e. The van der Waals surface area contributed by atoms with E-state index in [1.54, 1.807) is 0 Å². The summed E-state index contributed by atoms with van der Waals surface area (Å²) < 4.78 is 0. The first-order chi connectivity index (χ1) is 8.93. The van der Waals surface area contributed by atoms with E-state index in [0.717, 1.165) is 18.9 Å². The Labute approximate surface area is 110 Å². The van der Waals surface area contributed by atoms with Gasteiger partial charge in [0.15, 0.2) is 0 Å². The molecular formula is C16H21N2. The van der Waals surface area contributed by atoms with Gasteiger partial charge in [-0.3, -0.25) is 4.90 Å². The Morgan fingerprint density at radius 1 is 1.00 bits per heavy atom. The quantitative estimate of drug-likeness (QED) is 0.728. The summed E-state index contributed by atoms with van der Waals surface area (Å²) >= 11 is 0. The van der Waals surface area contributed by atoms with Gasteiger partial charge in [-0.25, -0.2) is 5.32 Å². The zero-order chi connectivity index (χ0) is 12.2. The zero-order valence-electron chi connectivity index (χ0n) is 10.8. The molecule has 0 spiro atoms. The second-order valence-electron chi connectivity index (χ2n) is 5.27. The maximum atomic E-state index is 4.69. The first-order valence-electron chi connectivity index (χ1n) is 7.04. The molecule has 1 fully saturated rings. The predicted molar refractivity (Wildman–Crippen MR) is 74.5 cm³/mol. The number of hydrogen-bond acceptors (Lipinski definition) is 1. The summed E-state index contributed by atoms with van der Waals surface area (Å²) in [5, 5.41) is 4.69. The lowest BCUT2D eigenvalue weighted by Gasteiger charge is -2.37. The minimum atomic E-state index is 0.451. The molecule has 2 aliphatic heterocycles. The molecule has 2 nitrogen and oxygen atoms in total. The van der Waals surface area contributed by atoms with Crippen LogP contribution in [0.4, 0.5) is 0 Å². The van der Waals surface area contributed by atoms with Crippen molar-refractivity contribution in [1.29, 1.82) is 0 Å². The highest BCUT2D eigenvalue weighted by Crippen LogP contribution is 2.29. The van der Waals surface area contributed by atoms with E-state index in [9.17, 15) is 0 Å². The van der Waals surface area contributed by atoms with Crippen LogP contribution in [-0.4, -0.2) is 30.7 Å². The van der Waals surface area contributed by atoms with Crippen LogP contribution in [0.2, 0.25) is 0 Å². The van der Waals surface area contributed by atoms with Gasteiger partial charge in [0.25, 0.3) is 0 Å². The number of likely N-dealkylation sites (tertiary alicyclic amines) is 1. The van der Waals surface area contributed by atoms with Crippen LogP contribution < -0.4 is 5.32 Å². The van der Waals surface area contributed by atoms with Crippen LogP contribution in [-0.2, 0) is 0 Å². The van der Waals surface area contributed by atoms with E-state index in [1.807, 2.05) is 0 Å². The van der Waals surface area contributed by atoms with Gasteiger partial charge < -0.3 is 0 Å². The average Bonchev–Trinajstić information content (AvgIpc) is 2.49.